The van der Waals surface area contributed by atoms with E-state index < -0.39 is 0 Å². The molecule has 20 heavy (non-hydrogen) atoms. The van der Waals surface area contributed by atoms with Crippen LogP contribution in [0, 0.1) is 5.82 Å². The minimum absolute atomic E-state index is 0.209. The molecule has 0 spiro atoms. The Morgan fingerprint density at radius 1 is 1.20 bits per heavy atom. The fraction of sp³-hybridized carbons (Fsp3) is 0.312. The number of anilines is 2. The zero-order valence-corrected chi connectivity index (χ0v) is 11.9. The van der Waals surface area contributed by atoms with Crippen LogP contribution in [0.1, 0.15) is 19.5 Å². The lowest BCUT2D eigenvalue weighted by Crippen LogP contribution is -2.18. The second kappa shape index (κ2) is 7.01. The smallest absolute Gasteiger partial charge is 0.146 e. The van der Waals surface area contributed by atoms with Crippen LogP contribution in [0.15, 0.2) is 42.6 Å². The van der Waals surface area contributed by atoms with Gasteiger partial charge in [-0.15, -0.1) is 0 Å². The molecule has 1 heterocycles. The number of nitrogens with one attached hydrogen (secondary N) is 1. The minimum Gasteiger partial charge on any atom is -0.339 e. The van der Waals surface area contributed by atoms with Gasteiger partial charge in [-0.25, -0.2) is 4.39 Å². The van der Waals surface area contributed by atoms with Crippen molar-refractivity contribution in [3.05, 3.63) is 54.1 Å². The summed E-state index contributed by atoms with van der Waals surface area (Å²) in [6, 6.07) is 10.7. The standard InChI is InChI=1S/C16H20FN3/c1-3-18-12-13-11-14(9-10-19-13)20(4-2)16-8-6-5-7-15(16)17/h5-11,18H,3-4,12H2,1-2H3. The molecule has 0 saturated heterocycles. The van der Waals surface area contributed by atoms with Crippen LogP contribution in [0.4, 0.5) is 15.8 Å². The second-order valence-corrected chi connectivity index (χ2v) is 4.48. The molecule has 4 heteroatoms. The Hall–Kier alpha value is -1.94. The van der Waals surface area contributed by atoms with E-state index in [4.69, 9.17) is 0 Å². The molecule has 3 nitrogen and oxygen atoms in total. The zero-order chi connectivity index (χ0) is 14.4. The van der Waals surface area contributed by atoms with Crippen molar-refractivity contribution >= 4 is 11.4 Å². The third-order valence-electron chi connectivity index (χ3n) is 3.13. The molecule has 0 aliphatic heterocycles. The number of benzene rings is 1. The molecule has 0 aliphatic carbocycles. The zero-order valence-electron chi connectivity index (χ0n) is 11.9. The average molecular weight is 273 g/mol. The summed E-state index contributed by atoms with van der Waals surface area (Å²) in [5, 5.41) is 3.24. The van der Waals surface area contributed by atoms with Gasteiger partial charge < -0.3 is 10.2 Å². The van der Waals surface area contributed by atoms with Crippen LogP contribution in [0.25, 0.3) is 0 Å². The van der Waals surface area contributed by atoms with Gasteiger partial charge in [-0.1, -0.05) is 19.1 Å². The number of aromatic nitrogens is 1. The van der Waals surface area contributed by atoms with Gasteiger partial charge in [0.2, 0.25) is 0 Å². The summed E-state index contributed by atoms with van der Waals surface area (Å²) in [6.07, 6.45) is 1.77. The first-order valence-corrected chi connectivity index (χ1v) is 6.94. The highest BCUT2D eigenvalue weighted by atomic mass is 19.1. The fourth-order valence-electron chi connectivity index (χ4n) is 2.15. The minimum atomic E-state index is -0.209. The Labute approximate surface area is 119 Å². The van der Waals surface area contributed by atoms with E-state index in [2.05, 4.69) is 17.2 Å². The average Bonchev–Trinajstić information content (AvgIpc) is 2.48. The number of para-hydroxylation sites is 1. The van der Waals surface area contributed by atoms with E-state index in [0.29, 0.717) is 12.2 Å². The van der Waals surface area contributed by atoms with Crippen molar-refractivity contribution in [1.29, 1.82) is 0 Å². The van der Waals surface area contributed by atoms with Crippen molar-refractivity contribution in [2.45, 2.75) is 20.4 Å². The molecule has 0 saturated carbocycles. The van der Waals surface area contributed by atoms with E-state index in [9.17, 15) is 4.39 Å². The molecule has 106 valence electrons. The first kappa shape index (κ1) is 14.5. The molecule has 0 atom stereocenters. The van der Waals surface area contributed by atoms with Crippen LogP contribution in [-0.4, -0.2) is 18.1 Å². The maximum Gasteiger partial charge on any atom is 0.146 e. The molecule has 0 fully saturated rings. The van der Waals surface area contributed by atoms with Gasteiger partial charge in [0.05, 0.1) is 11.4 Å². The van der Waals surface area contributed by atoms with Gasteiger partial charge in [0, 0.05) is 25.0 Å². The molecule has 2 aromatic rings. The van der Waals surface area contributed by atoms with Crippen LogP contribution in [-0.2, 0) is 6.54 Å². The summed E-state index contributed by atoms with van der Waals surface area (Å²) in [7, 11) is 0. The van der Waals surface area contributed by atoms with Crippen LogP contribution < -0.4 is 10.2 Å². The number of pyridine rings is 1. The molecule has 0 radical (unpaired) electrons. The van der Waals surface area contributed by atoms with E-state index in [-0.39, 0.29) is 5.82 Å². The molecular formula is C16H20FN3. The number of halogens is 1. The van der Waals surface area contributed by atoms with Crippen molar-refractivity contribution in [1.82, 2.24) is 10.3 Å². The first-order valence-electron chi connectivity index (χ1n) is 6.94. The van der Waals surface area contributed by atoms with Crippen molar-refractivity contribution in [3.8, 4) is 0 Å². The SMILES string of the molecule is CCNCc1cc(N(CC)c2ccccc2F)ccn1. The second-order valence-electron chi connectivity index (χ2n) is 4.48. The predicted octanol–water partition coefficient (Wildman–Crippen LogP) is 3.49. The highest BCUT2D eigenvalue weighted by Gasteiger charge is 2.12. The maximum atomic E-state index is 13.9. The molecule has 1 aromatic heterocycles. The predicted molar refractivity (Wildman–Crippen MR) is 80.7 cm³/mol. The molecule has 0 bridgehead atoms. The summed E-state index contributed by atoms with van der Waals surface area (Å²) in [5.41, 5.74) is 2.51. The normalized spacial score (nSPS) is 10.6. The van der Waals surface area contributed by atoms with Crippen molar-refractivity contribution in [3.63, 3.8) is 0 Å². The molecule has 0 aliphatic rings. The van der Waals surface area contributed by atoms with Crippen LogP contribution >= 0.6 is 0 Å². The van der Waals surface area contributed by atoms with Crippen LogP contribution in [0.5, 0.6) is 0 Å². The highest BCUT2D eigenvalue weighted by Crippen LogP contribution is 2.27. The summed E-state index contributed by atoms with van der Waals surface area (Å²) in [6.45, 7) is 6.39. The van der Waals surface area contributed by atoms with Crippen LogP contribution in [0.3, 0.4) is 0 Å². The van der Waals surface area contributed by atoms with Crippen molar-refractivity contribution in [2.24, 2.45) is 0 Å². The molecule has 0 unspecified atom stereocenters. The Balaban J connectivity index is 2.30. The number of hydrogen-bond acceptors (Lipinski definition) is 3. The largest absolute Gasteiger partial charge is 0.339 e. The lowest BCUT2D eigenvalue weighted by Gasteiger charge is -2.24. The van der Waals surface area contributed by atoms with Crippen molar-refractivity contribution < 1.29 is 4.39 Å². The van der Waals surface area contributed by atoms with Gasteiger partial charge in [0.1, 0.15) is 5.82 Å². The molecule has 2 rings (SSSR count). The number of nitrogens with zero attached hydrogens (tertiary/aromatic N) is 2. The topological polar surface area (TPSA) is 28.2 Å². The summed E-state index contributed by atoms with van der Waals surface area (Å²) >= 11 is 0. The fourth-order valence-corrected chi connectivity index (χ4v) is 2.15. The summed E-state index contributed by atoms with van der Waals surface area (Å²) in [4.78, 5) is 6.28. The third kappa shape index (κ3) is 3.33. The Kier molecular flexibility index (Phi) is 5.07. The Morgan fingerprint density at radius 3 is 2.70 bits per heavy atom. The Morgan fingerprint density at radius 2 is 2.00 bits per heavy atom. The lowest BCUT2D eigenvalue weighted by atomic mass is 10.2. The van der Waals surface area contributed by atoms with Gasteiger partial charge in [0.15, 0.2) is 0 Å². The van der Waals surface area contributed by atoms with Gasteiger partial charge in [0.25, 0.3) is 0 Å². The summed E-state index contributed by atoms with van der Waals surface area (Å²) in [5.74, 6) is -0.209. The van der Waals surface area contributed by atoms with E-state index in [1.165, 1.54) is 6.07 Å². The van der Waals surface area contributed by atoms with E-state index in [1.54, 1.807) is 18.3 Å². The van der Waals surface area contributed by atoms with E-state index >= 15 is 0 Å². The number of rotatable bonds is 6. The van der Waals surface area contributed by atoms with Crippen molar-refractivity contribution in [2.75, 3.05) is 18.0 Å². The molecule has 1 N–H and O–H groups in total. The molecular weight excluding hydrogens is 253 g/mol. The monoisotopic (exact) mass is 273 g/mol. The number of hydrogen-bond donors (Lipinski definition) is 1. The Bertz CT molecular complexity index is 557. The van der Waals surface area contributed by atoms with E-state index in [0.717, 1.165) is 24.5 Å². The van der Waals surface area contributed by atoms with Gasteiger partial charge in [-0.3, -0.25) is 4.98 Å². The summed E-state index contributed by atoms with van der Waals surface area (Å²) < 4.78 is 13.9. The first-order chi connectivity index (χ1) is 9.76. The lowest BCUT2D eigenvalue weighted by molar-refractivity contribution is 0.625. The van der Waals surface area contributed by atoms with Gasteiger partial charge >= 0.3 is 0 Å². The van der Waals surface area contributed by atoms with Gasteiger partial charge in [-0.2, -0.15) is 0 Å². The third-order valence-corrected chi connectivity index (χ3v) is 3.13. The van der Waals surface area contributed by atoms with E-state index in [1.807, 2.05) is 30.0 Å². The van der Waals surface area contributed by atoms with Crippen LogP contribution in [0.2, 0.25) is 0 Å². The highest BCUT2D eigenvalue weighted by molar-refractivity contribution is 5.63. The molecule has 1 aromatic carbocycles. The quantitative estimate of drug-likeness (QED) is 0.873. The molecule has 0 amide bonds. The van der Waals surface area contributed by atoms with Gasteiger partial charge in [-0.05, 0) is 37.7 Å². The maximum absolute atomic E-state index is 13.9.